The zero-order chi connectivity index (χ0) is 17.2. The molecule has 0 spiro atoms. The molecule has 1 aliphatic rings. The summed E-state index contributed by atoms with van der Waals surface area (Å²) in [5.41, 5.74) is 1.03. The quantitative estimate of drug-likeness (QED) is 0.779. The molecule has 1 aromatic carbocycles. The van der Waals surface area contributed by atoms with Crippen molar-refractivity contribution < 1.29 is 5.11 Å². The number of aliphatic hydroxyl groups excluding tert-OH is 1. The summed E-state index contributed by atoms with van der Waals surface area (Å²) in [6, 6.07) is 10.0. The van der Waals surface area contributed by atoms with Crippen molar-refractivity contribution in [2.45, 2.75) is 18.9 Å². The first-order valence-electron chi connectivity index (χ1n) is 8.52. The zero-order valence-corrected chi connectivity index (χ0v) is 14.9. The molecular formula is C18H21N5OS. The molecule has 4 rings (SSSR count). The molecule has 1 aliphatic heterocycles. The van der Waals surface area contributed by atoms with E-state index in [1.165, 1.54) is 11.5 Å². The van der Waals surface area contributed by atoms with Crippen LogP contribution in [0, 0.1) is 5.92 Å². The van der Waals surface area contributed by atoms with Crippen molar-refractivity contribution in [3.63, 3.8) is 0 Å². The van der Waals surface area contributed by atoms with E-state index in [0.717, 1.165) is 48.3 Å². The summed E-state index contributed by atoms with van der Waals surface area (Å²) < 4.78 is 6.40. The maximum Gasteiger partial charge on any atom is 0.205 e. The highest BCUT2D eigenvalue weighted by molar-refractivity contribution is 7.09. The van der Waals surface area contributed by atoms with Crippen LogP contribution in [-0.2, 0) is 7.05 Å². The van der Waals surface area contributed by atoms with Crippen LogP contribution in [0.4, 0.5) is 5.13 Å². The summed E-state index contributed by atoms with van der Waals surface area (Å²) in [5.74, 6) is 1.65. The van der Waals surface area contributed by atoms with Crippen LogP contribution >= 0.6 is 11.5 Å². The number of aromatic nitrogens is 4. The molecule has 0 radical (unpaired) electrons. The Morgan fingerprint density at radius 3 is 2.88 bits per heavy atom. The largest absolute Gasteiger partial charge is 0.385 e. The third kappa shape index (κ3) is 3.29. The van der Waals surface area contributed by atoms with Gasteiger partial charge in [0.1, 0.15) is 11.9 Å². The van der Waals surface area contributed by atoms with Crippen LogP contribution in [-0.4, -0.2) is 37.1 Å². The number of aliphatic hydroxyl groups is 1. The fourth-order valence-corrected chi connectivity index (χ4v) is 4.09. The van der Waals surface area contributed by atoms with E-state index in [1.54, 1.807) is 6.20 Å². The van der Waals surface area contributed by atoms with E-state index < -0.39 is 6.10 Å². The molecule has 1 N–H and O–H groups in total. The molecule has 130 valence electrons. The van der Waals surface area contributed by atoms with Gasteiger partial charge in [-0.1, -0.05) is 30.3 Å². The molecule has 3 aromatic rings. The van der Waals surface area contributed by atoms with E-state index in [2.05, 4.69) is 14.3 Å². The van der Waals surface area contributed by atoms with Crippen LogP contribution in [0.15, 0.2) is 42.7 Å². The van der Waals surface area contributed by atoms with Gasteiger partial charge in [0.2, 0.25) is 5.13 Å². The third-order valence-corrected chi connectivity index (χ3v) is 5.52. The topological polar surface area (TPSA) is 67.1 Å². The molecule has 7 heteroatoms. The van der Waals surface area contributed by atoms with Gasteiger partial charge >= 0.3 is 0 Å². The summed E-state index contributed by atoms with van der Waals surface area (Å²) in [4.78, 5) is 11.3. The van der Waals surface area contributed by atoms with Crippen LogP contribution in [0.25, 0.3) is 11.4 Å². The van der Waals surface area contributed by atoms with Crippen LogP contribution in [0.5, 0.6) is 0 Å². The number of hydrogen-bond donors (Lipinski definition) is 1. The first-order chi connectivity index (χ1) is 12.2. The maximum atomic E-state index is 10.7. The van der Waals surface area contributed by atoms with E-state index >= 15 is 0 Å². The average Bonchev–Trinajstić information content (AvgIpc) is 3.31. The molecule has 25 heavy (non-hydrogen) atoms. The number of imidazole rings is 1. The molecule has 6 nitrogen and oxygen atoms in total. The average molecular weight is 355 g/mol. The van der Waals surface area contributed by atoms with Gasteiger partial charge in [0.05, 0.1) is 0 Å². The van der Waals surface area contributed by atoms with Gasteiger partial charge in [-0.3, -0.25) is 0 Å². The number of hydrogen-bond acceptors (Lipinski definition) is 6. The van der Waals surface area contributed by atoms with Crippen LogP contribution in [0.3, 0.4) is 0 Å². The van der Waals surface area contributed by atoms with Gasteiger partial charge in [-0.05, 0) is 12.8 Å². The second-order valence-electron chi connectivity index (χ2n) is 6.46. The Bertz CT molecular complexity index is 831. The van der Waals surface area contributed by atoms with Crippen molar-refractivity contribution in [1.82, 2.24) is 18.9 Å². The smallest absolute Gasteiger partial charge is 0.205 e. The van der Waals surface area contributed by atoms with Gasteiger partial charge in [-0.25, -0.2) is 4.98 Å². The van der Waals surface area contributed by atoms with Crippen molar-refractivity contribution in [1.29, 1.82) is 0 Å². The highest BCUT2D eigenvalue weighted by Crippen LogP contribution is 2.32. The predicted octanol–water partition coefficient (Wildman–Crippen LogP) is 2.89. The number of piperidine rings is 1. The van der Waals surface area contributed by atoms with Crippen molar-refractivity contribution >= 4 is 16.7 Å². The Morgan fingerprint density at radius 1 is 1.28 bits per heavy atom. The number of nitrogens with zero attached hydrogens (tertiary/aromatic N) is 5. The number of anilines is 1. The van der Waals surface area contributed by atoms with Crippen molar-refractivity contribution in [3.8, 4) is 11.4 Å². The van der Waals surface area contributed by atoms with Crippen molar-refractivity contribution in [3.05, 3.63) is 48.5 Å². The first kappa shape index (κ1) is 16.2. The van der Waals surface area contributed by atoms with Gasteiger partial charge in [-0.2, -0.15) is 9.36 Å². The lowest BCUT2D eigenvalue weighted by Crippen LogP contribution is -2.38. The van der Waals surface area contributed by atoms with Crippen molar-refractivity contribution in [2.75, 3.05) is 18.0 Å². The van der Waals surface area contributed by atoms with Crippen LogP contribution in [0.2, 0.25) is 0 Å². The fourth-order valence-electron chi connectivity index (χ4n) is 3.36. The summed E-state index contributed by atoms with van der Waals surface area (Å²) in [7, 11) is 1.92. The second-order valence-corrected chi connectivity index (χ2v) is 7.19. The molecule has 2 unspecified atom stereocenters. The van der Waals surface area contributed by atoms with Gasteiger partial charge in [0, 0.05) is 55.5 Å². The van der Waals surface area contributed by atoms with Gasteiger partial charge in [0.25, 0.3) is 0 Å². The number of benzene rings is 1. The maximum absolute atomic E-state index is 10.7. The Kier molecular flexibility index (Phi) is 4.50. The lowest BCUT2D eigenvalue weighted by atomic mass is 9.92. The molecule has 0 amide bonds. The minimum Gasteiger partial charge on any atom is -0.385 e. The van der Waals surface area contributed by atoms with Gasteiger partial charge < -0.3 is 14.6 Å². The highest BCUT2D eigenvalue weighted by Gasteiger charge is 2.30. The van der Waals surface area contributed by atoms with E-state index in [9.17, 15) is 5.11 Å². The predicted molar refractivity (Wildman–Crippen MR) is 98.4 cm³/mol. The van der Waals surface area contributed by atoms with E-state index in [4.69, 9.17) is 4.98 Å². The molecule has 0 saturated carbocycles. The monoisotopic (exact) mass is 355 g/mol. The molecular weight excluding hydrogens is 334 g/mol. The van der Waals surface area contributed by atoms with E-state index in [0.29, 0.717) is 0 Å². The minimum absolute atomic E-state index is 0.152. The third-order valence-electron chi connectivity index (χ3n) is 4.75. The lowest BCUT2D eigenvalue weighted by Gasteiger charge is -2.34. The SMILES string of the molecule is Cn1ccnc1C(O)C1CCCN(c2nc(-c3ccccc3)ns2)C1. The second kappa shape index (κ2) is 6.93. The zero-order valence-electron chi connectivity index (χ0n) is 14.1. The van der Waals surface area contributed by atoms with Crippen LogP contribution in [0.1, 0.15) is 24.8 Å². The molecule has 1 fully saturated rings. The molecule has 2 atom stereocenters. The Hall–Kier alpha value is -2.25. The fraction of sp³-hybridized carbons (Fsp3) is 0.389. The van der Waals surface area contributed by atoms with Gasteiger partial charge in [0.15, 0.2) is 5.82 Å². The van der Waals surface area contributed by atoms with Crippen molar-refractivity contribution in [2.24, 2.45) is 13.0 Å². The Labute approximate surface area is 151 Å². The van der Waals surface area contributed by atoms with E-state index in [-0.39, 0.29) is 5.92 Å². The lowest BCUT2D eigenvalue weighted by molar-refractivity contribution is 0.0875. The Balaban J connectivity index is 1.50. The molecule has 0 aliphatic carbocycles. The van der Waals surface area contributed by atoms with E-state index in [1.807, 2.05) is 48.1 Å². The molecule has 1 saturated heterocycles. The highest BCUT2D eigenvalue weighted by atomic mass is 32.1. The van der Waals surface area contributed by atoms with Gasteiger partial charge in [-0.15, -0.1) is 0 Å². The normalized spacial score (nSPS) is 19.1. The standard InChI is InChI=1S/C18H21N5OS/c1-22-11-9-19-17(22)15(24)14-8-5-10-23(12-14)18-20-16(21-25-18)13-6-3-2-4-7-13/h2-4,6-7,9,11,14-15,24H,5,8,10,12H2,1H3. The molecule has 2 aromatic heterocycles. The number of aryl methyl sites for hydroxylation is 1. The number of rotatable bonds is 4. The Morgan fingerprint density at radius 2 is 2.12 bits per heavy atom. The summed E-state index contributed by atoms with van der Waals surface area (Å²) in [5, 5.41) is 11.6. The molecule has 3 heterocycles. The minimum atomic E-state index is -0.552. The summed E-state index contributed by atoms with van der Waals surface area (Å²) in [6.07, 6.45) is 5.08. The summed E-state index contributed by atoms with van der Waals surface area (Å²) >= 11 is 1.43. The first-order valence-corrected chi connectivity index (χ1v) is 9.29. The summed E-state index contributed by atoms with van der Waals surface area (Å²) in [6.45, 7) is 1.73. The molecule has 0 bridgehead atoms. The van der Waals surface area contributed by atoms with Crippen LogP contribution < -0.4 is 4.90 Å².